The van der Waals surface area contributed by atoms with Gasteiger partial charge in [-0.25, -0.2) is 0 Å². The number of fused-ring (bicyclic) bond motifs is 1. The number of carbonyl (C=O) groups excluding carboxylic acids is 2. The zero-order valence-corrected chi connectivity index (χ0v) is 15.5. The molecule has 0 bridgehead atoms. The average molecular weight is 380 g/mol. The molecule has 8 heteroatoms. The van der Waals surface area contributed by atoms with Crippen molar-refractivity contribution >= 4 is 28.5 Å². The fourth-order valence-corrected chi connectivity index (χ4v) is 3.83. The molecule has 144 valence electrons. The number of para-hydroxylation sites is 1. The zero-order valence-electron chi connectivity index (χ0n) is 15.5. The molecule has 2 amide bonds. The van der Waals surface area contributed by atoms with Crippen molar-refractivity contribution < 1.29 is 18.7 Å². The highest BCUT2D eigenvalue weighted by Gasteiger charge is 2.35. The van der Waals surface area contributed by atoms with Gasteiger partial charge >= 0.3 is 0 Å². The van der Waals surface area contributed by atoms with E-state index < -0.39 is 0 Å². The summed E-state index contributed by atoms with van der Waals surface area (Å²) in [6.07, 6.45) is 5.10. The van der Waals surface area contributed by atoms with Crippen LogP contribution in [0, 0.1) is 0 Å². The summed E-state index contributed by atoms with van der Waals surface area (Å²) in [5.74, 6) is 0.919. The van der Waals surface area contributed by atoms with Crippen LogP contribution < -0.4 is 9.64 Å². The summed E-state index contributed by atoms with van der Waals surface area (Å²) < 4.78 is 12.9. The fraction of sp³-hybridized carbons (Fsp3) is 0.350. The molecule has 0 radical (unpaired) electrons. The van der Waals surface area contributed by atoms with Crippen LogP contribution in [0.1, 0.15) is 29.4 Å². The van der Waals surface area contributed by atoms with Gasteiger partial charge in [0.15, 0.2) is 17.1 Å². The fourth-order valence-electron chi connectivity index (χ4n) is 3.83. The van der Waals surface area contributed by atoms with Gasteiger partial charge in [0.2, 0.25) is 5.91 Å². The SMILES string of the molecule is COc1cccc2cc(C(=O)N3CC(n4cc(N5CCCC5=O)cn4)C3)oc12. The molecular weight excluding hydrogens is 360 g/mol. The molecule has 2 fully saturated rings. The molecule has 8 nitrogen and oxygen atoms in total. The first-order valence-electron chi connectivity index (χ1n) is 9.34. The van der Waals surface area contributed by atoms with E-state index in [4.69, 9.17) is 9.15 Å². The maximum Gasteiger partial charge on any atom is 0.289 e. The van der Waals surface area contributed by atoms with Gasteiger partial charge in [-0.05, 0) is 18.6 Å². The number of nitrogens with zero attached hydrogens (tertiary/aromatic N) is 4. The van der Waals surface area contributed by atoms with Crippen LogP contribution in [0.4, 0.5) is 5.69 Å². The van der Waals surface area contributed by atoms with Gasteiger partial charge in [0.25, 0.3) is 5.91 Å². The van der Waals surface area contributed by atoms with Crippen LogP contribution in [0.5, 0.6) is 5.75 Å². The second-order valence-corrected chi connectivity index (χ2v) is 7.18. The first-order valence-corrected chi connectivity index (χ1v) is 9.34. The number of ether oxygens (including phenoxy) is 1. The summed E-state index contributed by atoms with van der Waals surface area (Å²) >= 11 is 0. The van der Waals surface area contributed by atoms with Crippen LogP contribution >= 0.6 is 0 Å². The Morgan fingerprint density at radius 3 is 2.93 bits per heavy atom. The summed E-state index contributed by atoms with van der Waals surface area (Å²) in [6.45, 7) is 1.86. The van der Waals surface area contributed by atoms with Gasteiger partial charge in [-0.2, -0.15) is 5.10 Å². The topological polar surface area (TPSA) is 80.8 Å². The minimum atomic E-state index is -0.142. The lowest BCUT2D eigenvalue weighted by Gasteiger charge is -2.38. The van der Waals surface area contributed by atoms with E-state index in [1.54, 1.807) is 35.2 Å². The van der Waals surface area contributed by atoms with E-state index in [9.17, 15) is 9.59 Å². The number of carbonyl (C=O) groups is 2. The zero-order chi connectivity index (χ0) is 19.3. The van der Waals surface area contributed by atoms with Crippen molar-refractivity contribution in [2.45, 2.75) is 18.9 Å². The molecule has 0 spiro atoms. The number of rotatable bonds is 4. The highest BCUT2D eigenvalue weighted by molar-refractivity contribution is 5.97. The van der Waals surface area contributed by atoms with Gasteiger partial charge in [-0.15, -0.1) is 0 Å². The molecule has 0 unspecified atom stereocenters. The molecule has 2 aromatic heterocycles. The van der Waals surface area contributed by atoms with Gasteiger partial charge in [0, 0.05) is 37.6 Å². The minimum Gasteiger partial charge on any atom is -0.493 e. The molecule has 0 atom stereocenters. The Morgan fingerprint density at radius 2 is 2.18 bits per heavy atom. The molecule has 3 aromatic rings. The van der Waals surface area contributed by atoms with Gasteiger partial charge in [-0.3, -0.25) is 14.3 Å². The number of likely N-dealkylation sites (tertiary alicyclic amines) is 1. The first-order chi connectivity index (χ1) is 13.6. The quantitative estimate of drug-likeness (QED) is 0.695. The molecule has 1 aromatic carbocycles. The van der Waals surface area contributed by atoms with Crippen LogP contribution in [-0.4, -0.2) is 53.2 Å². The maximum atomic E-state index is 12.7. The number of aromatic nitrogens is 2. The Kier molecular flexibility index (Phi) is 3.85. The number of hydrogen-bond acceptors (Lipinski definition) is 5. The summed E-state index contributed by atoms with van der Waals surface area (Å²) in [4.78, 5) is 28.1. The number of anilines is 1. The van der Waals surface area contributed by atoms with E-state index in [1.165, 1.54) is 0 Å². The third kappa shape index (κ3) is 2.64. The van der Waals surface area contributed by atoms with Crippen LogP contribution in [0.2, 0.25) is 0 Å². The summed E-state index contributed by atoms with van der Waals surface area (Å²) in [6, 6.07) is 7.42. The standard InChI is InChI=1S/C20H20N4O4/c1-27-16-5-2-4-13-8-17(28-19(13)16)20(26)22-10-15(11-22)24-12-14(9-21-24)23-7-3-6-18(23)25/h2,4-5,8-9,12,15H,3,6-7,10-11H2,1H3. The predicted molar refractivity (Wildman–Crippen MR) is 102 cm³/mol. The monoisotopic (exact) mass is 380 g/mol. The Balaban J connectivity index is 1.27. The summed E-state index contributed by atoms with van der Waals surface area (Å²) in [7, 11) is 1.58. The molecule has 2 saturated heterocycles. The lowest BCUT2D eigenvalue weighted by molar-refractivity contribution is -0.117. The van der Waals surface area contributed by atoms with Gasteiger partial charge in [-0.1, -0.05) is 12.1 Å². The molecule has 0 saturated carbocycles. The van der Waals surface area contributed by atoms with Gasteiger partial charge in [0.05, 0.1) is 25.0 Å². The molecule has 2 aliphatic rings. The van der Waals surface area contributed by atoms with E-state index in [0.717, 1.165) is 24.0 Å². The van der Waals surface area contributed by atoms with E-state index in [1.807, 2.05) is 23.0 Å². The smallest absolute Gasteiger partial charge is 0.289 e. The van der Waals surface area contributed by atoms with E-state index in [-0.39, 0.29) is 17.9 Å². The number of amides is 2. The Bertz CT molecular complexity index is 1060. The number of hydrogen-bond donors (Lipinski definition) is 0. The second kappa shape index (κ2) is 6.40. The Morgan fingerprint density at radius 1 is 1.32 bits per heavy atom. The largest absolute Gasteiger partial charge is 0.493 e. The van der Waals surface area contributed by atoms with E-state index >= 15 is 0 Å². The van der Waals surface area contributed by atoms with Crippen LogP contribution in [-0.2, 0) is 4.79 Å². The summed E-state index contributed by atoms with van der Waals surface area (Å²) in [5.41, 5.74) is 1.41. The molecule has 5 rings (SSSR count). The van der Waals surface area contributed by atoms with Crippen molar-refractivity contribution in [3.05, 3.63) is 42.4 Å². The molecule has 0 aliphatic carbocycles. The number of methoxy groups -OCH3 is 1. The molecular formula is C20H20N4O4. The van der Waals surface area contributed by atoms with Crippen molar-refractivity contribution in [1.82, 2.24) is 14.7 Å². The van der Waals surface area contributed by atoms with Crippen LogP contribution in [0.3, 0.4) is 0 Å². The third-order valence-electron chi connectivity index (χ3n) is 5.44. The predicted octanol–water partition coefficient (Wildman–Crippen LogP) is 2.46. The van der Waals surface area contributed by atoms with Crippen molar-refractivity contribution in [3.63, 3.8) is 0 Å². The normalized spacial score (nSPS) is 17.4. The number of furan rings is 1. The highest BCUT2D eigenvalue weighted by Crippen LogP contribution is 2.31. The van der Waals surface area contributed by atoms with Crippen molar-refractivity contribution in [2.75, 3.05) is 31.6 Å². The minimum absolute atomic E-state index is 0.106. The Hall–Kier alpha value is -3.29. The van der Waals surface area contributed by atoms with E-state index in [2.05, 4.69) is 5.10 Å². The van der Waals surface area contributed by atoms with Crippen LogP contribution in [0.15, 0.2) is 41.1 Å². The van der Waals surface area contributed by atoms with E-state index in [0.29, 0.717) is 36.6 Å². The molecule has 4 heterocycles. The molecule has 28 heavy (non-hydrogen) atoms. The Labute approximate surface area is 161 Å². The maximum absolute atomic E-state index is 12.7. The third-order valence-corrected chi connectivity index (χ3v) is 5.44. The van der Waals surface area contributed by atoms with Gasteiger partial charge in [0.1, 0.15) is 0 Å². The van der Waals surface area contributed by atoms with Crippen molar-refractivity contribution in [1.29, 1.82) is 0 Å². The average Bonchev–Trinajstić information content (AvgIpc) is 3.38. The van der Waals surface area contributed by atoms with Gasteiger partial charge < -0.3 is 19.0 Å². The lowest BCUT2D eigenvalue weighted by atomic mass is 10.1. The summed E-state index contributed by atoms with van der Waals surface area (Å²) in [5, 5.41) is 5.23. The molecule has 0 N–H and O–H groups in total. The molecule has 2 aliphatic heterocycles. The second-order valence-electron chi connectivity index (χ2n) is 7.18. The lowest BCUT2D eigenvalue weighted by Crippen LogP contribution is -2.50. The van der Waals surface area contributed by atoms with Crippen LogP contribution in [0.25, 0.3) is 11.0 Å². The first kappa shape index (κ1) is 16.9. The highest BCUT2D eigenvalue weighted by atomic mass is 16.5. The van der Waals surface area contributed by atoms with Crippen molar-refractivity contribution in [3.8, 4) is 5.75 Å². The van der Waals surface area contributed by atoms with Crippen molar-refractivity contribution in [2.24, 2.45) is 0 Å². The number of benzene rings is 1.